The van der Waals surface area contributed by atoms with Crippen LogP contribution < -0.4 is 10.1 Å². The van der Waals surface area contributed by atoms with Crippen molar-refractivity contribution in [3.8, 4) is 11.4 Å². The van der Waals surface area contributed by atoms with E-state index in [4.69, 9.17) is 4.74 Å². The van der Waals surface area contributed by atoms with E-state index in [-0.39, 0.29) is 5.91 Å². The van der Waals surface area contributed by atoms with Gasteiger partial charge in [0.1, 0.15) is 12.1 Å². The lowest BCUT2D eigenvalue weighted by Gasteiger charge is -2.08. The molecular formula is C18H19N5O2. The van der Waals surface area contributed by atoms with Crippen molar-refractivity contribution >= 4 is 5.91 Å². The molecule has 7 nitrogen and oxygen atoms in total. The van der Waals surface area contributed by atoms with Gasteiger partial charge in [-0.25, -0.2) is 4.68 Å². The Bertz CT molecular complexity index is 833. The van der Waals surface area contributed by atoms with Gasteiger partial charge in [0.05, 0.1) is 12.3 Å². The molecule has 1 heterocycles. The summed E-state index contributed by atoms with van der Waals surface area (Å²) < 4.78 is 7.17. The zero-order valence-electron chi connectivity index (χ0n) is 13.9. The maximum atomic E-state index is 12.2. The molecule has 0 fully saturated rings. The van der Waals surface area contributed by atoms with Crippen molar-refractivity contribution in [2.24, 2.45) is 0 Å². The summed E-state index contributed by atoms with van der Waals surface area (Å²) in [5.41, 5.74) is 2.46. The molecule has 128 valence electrons. The van der Waals surface area contributed by atoms with Gasteiger partial charge in [-0.1, -0.05) is 18.2 Å². The number of nitrogens with zero attached hydrogens (tertiary/aromatic N) is 4. The van der Waals surface area contributed by atoms with Crippen LogP contribution in [-0.2, 0) is 0 Å². The number of amides is 1. The lowest BCUT2D eigenvalue weighted by Crippen LogP contribution is -2.25. The third-order valence-electron chi connectivity index (χ3n) is 3.59. The van der Waals surface area contributed by atoms with Gasteiger partial charge in [-0.3, -0.25) is 4.79 Å². The van der Waals surface area contributed by atoms with Crippen LogP contribution in [0.5, 0.6) is 5.75 Å². The second kappa shape index (κ2) is 8.05. The molecule has 2 aromatic carbocycles. The number of rotatable bonds is 7. The van der Waals surface area contributed by atoms with Crippen LogP contribution in [0.4, 0.5) is 0 Å². The zero-order valence-corrected chi connectivity index (χ0v) is 13.9. The summed E-state index contributed by atoms with van der Waals surface area (Å²) in [6.45, 7) is 3.12. The zero-order chi connectivity index (χ0) is 17.5. The summed E-state index contributed by atoms with van der Waals surface area (Å²) in [5, 5.41) is 13.9. The summed E-state index contributed by atoms with van der Waals surface area (Å²) in [6.07, 6.45) is 2.21. The Balaban J connectivity index is 1.46. The fourth-order valence-corrected chi connectivity index (χ4v) is 2.34. The van der Waals surface area contributed by atoms with E-state index in [9.17, 15) is 4.79 Å². The number of aryl methyl sites for hydroxylation is 1. The number of aromatic nitrogens is 4. The van der Waals surface area contributed by atoms with Crippen LogP contribution in [0.2, 0.25) is 0 Å². The first-order valence-electron chi connectivity index (χ1n) is 8.03. The van der Waals surface area contributed by atoms with E-state index in [1.807, 2.05) is 37.3 Å². The summed E-state index contributed by atoms with van der Waals surface area (Å²) >= 11 is 0. The summed E-state index contributed by atoms with van der Waals surface area (Å²) in [6, 6.07) is 15.0. The number of hydrogen-bond acceptors (Lipinski definition) is 5. The lowest BCUT2D eigenvalue weighted by atomic mass is 10.2. The average molecular weight is 337 g/mol. The van der Waals surface area contributed by atoms with Crippen LogP contribution >= 0.6 is 0 Å². The highest BCUT2D eigenvalue weighted by Crippen LogP contribution is 2.12. The molecule has 0 aliphatic rings. The Hall–Kier alpha value is -3.22. The normalized spacial score (nSPS) is 10.4. The SMILES string of the molecule is Cc1cccc(OCCCNC(=O)c2cccc(-n3cnnn3)c2)c1. The Kier molecular flexibility index (Phi) is 5.36. The van der Waals surface area contributed by atoms with Crippen molar-refractivity contribution < 1.29 is 9.53 Å². The van der Waals surface area contributed by atoms with E-state index in [2.05, 4.69) is 20.8 Å². The van der Waals surface area contributed by atoms with Gasteiger partial charge in [0, 0.05) is 12.1 Å². The van der Waals surface area contributed by atoms with Crippen LogP contribution in [0.15, 0.2) is 54.9 Å². The van der Waals surface area contributed by atoms with Gasteiger partial charge in [-0.15, -0.1) is 5.10 Å². The van der Waals surface area contributed by atoms with Gasteiger partial charge in [0.15, 0.2) is 0 Å². The highest BCUT2D eigenvalue weighted by atomic mass is 16.5. The van der Waals surface area contributed by atoms with E-state index in [0.29, 0.717) is 18.7 Å². The number of ether oxygens (including phenoxy) is 1. The first-order valence-corrected chi connectivity index (χ1v) is 8.03. The predicted octanol–water partition coefficient (Wildman–Crippen LogP) is 2.17. The van der Waals surface area contributed by atoms with Gasteiger partial charge in [-0.2, -0.15) is 0 Å². The molecule has 0 unspecified atom stereocenters. The van der Waals surface area contributed by atoms with Gasteiger partial charge in [0.25, 0.3) is 5.91 Å². The van der Waals surface area contributed by atoms with Crippen molar-refractivity contribution in [1.82, 2.24) is 25.5 Å². The number of nitrogens with one attached hydrogen (secondary N) is 1. The van der Waals surface area contributed by atoms with Crippen molar-refractivity contribution in [2.75, 3.05) is 13.2 Å². The molecule has 0 saturated carbocycles. The monoisotopic (exact) mass is 337 g/mol. The molecule has 0 aliphatic heterocycles. The standard InChI is InChI=1S/C18H19N5O2/c1-14-5-2-8-17(11-14)25-10-4-9-19-18(24)15-6-3-7-16(12-15)23-13-20-21-22-23/h2-3,5-8,11-13H,4,9-10H2,1H3,(H,19,24). The fraction of sp³-hybridized carbons (Fsp3) is 0.222. The number of carbonyl (C=O) groups is 1. The summed E-state index contributed by atoms with van der Waals surface area (Å²) in [4.78, 5) is 12.2. The minimum Gasteiger partial charge on any atom is -0.494 e. The van der Waals surface area contributed by atoms with E-state index in [1.54, 1.807) is 18.2 Å². The average Bonchev–Trinajstić information content (AvgIpc) is 3.16. The van der Waals surface area contributed by atoms with Crippen LogP contribution in [-0.4, -0.2) is 39.3 Å². The van der Waals surface area contributed by atoms with Crippen molar-refractivity contribution in [3.05, 3.63) is 66.0 Å². The van der Waals surface area contributed by atoms with Crippen LogP contribution in [0.25, 0.3) is 5.69 Å². The molecule has 0 radical (unpaired) electrons. The van der Waals surface area contributed by atoms with Gasteiger partial charge < -0.3 is 10.1 Å². The Labute approximate surface area is 145 Å². The van der Waals surface area contributed by atoms with E-state index >= 15 is 0 Å². The van der Waals surface area contributed by atoms with Crippen molar-refractivity contribution in [2.45, 2.75) is 13.3 Å². The third-order valence-corrected chi connectivity index (χ3v) is 3.59. The van der Waals surface area contributed by atoms with Crippen molar-refractivity contribution in [1.29, 1.82) is 0 Å². The third kappa shape index (κ3) is 4.63. The summed E-state index contributed by atoms with van der Waals surface area (Å²) in [7, 11) is 0. The molecule has 3 rings (SSSR count). The molecule has 0 bridgehead atoms. The smallest absolute Gasteiger partial charge is 0.251 e. The second-order valence-electron chi connectivity index (χ2n) is 5.58. The number of benzene rings is 2. The molecule has 0 aliphatic carbocycles. The van der Waals surface area contributed by atoms with Crippen molar-refractivity contribution in [3.63, 3.8) is 0 Å². The molecule has 1 aromatic heterocycles. The molecule has 25 heavy (non-hydrogen) atoms. The summed E-state index contributed by atoms with van der Waals surface area (Å²) in [5.74, 6) is 0.714. The second-order valence-corrected chi connectivity index (χ2v) is 5.58. The minimum absolute atomic E-state index is 0.134. The first-order chi connectivity index (χ1) is 12.2. The first kappa shape index (κ1) is 16.6. The number of carbonyl (C=O) groups excluding carboxylic acids is 1. The quantitative estimate of drug-likeness (QED) is 0.668. The molecular weight excluding hydrogens is 318 g/mol. The lowest BCUT2D eigenvalue weighted by molar-refractivity contribution is 0.0951. The Morgan fingerprint density at radius 1 is 1.20 bits per heavy atom. The Morgan fingerprint density at radius 2 is 2.08 bits per heavy atom. The molecule has 7 heteroatoms. The van der Waals surface area contributed by atoms with E-state index in [1.165, 1.54) is 11.0 Å². The fourth-order valence-electron chi connectivity index (χ4n) is 2.34. The molecule has 1 N–H and O–H groups in total. The van der Waals surface area contributed by atoms with Gasteiger partial charge >= 0.3 is 0 Å². The number of tetrazole rings is 1. The van der Waals surface area contributed by atoms with Crippen LogP contribution in [0.3, 0.4) is 0 Å². The highest BCUT2D eigenvalue weighted by Gasteiger charge is 2.07. The Morgan fingerprint density at radius 3 is 2.88 bits per heavy atom. The van der Waals surface area contributed by atoms with Crippen LogP contribution in [0, 0.1) is 6.92 Å². The number of hydrogen-bond donors (Lipinski definition) is 1. The molecule has 0 saturated heterocycles. The molecule has 1 amide bonds. The largest absolute Gasteiger partial charge is 0.494 e. The van der Waals surface area contributed by atoms with E-state index < -0.39 is 0 Å². The van der Waals surface area contributed by atoms with Gasteiger partial charge in [0.2, 0.25) is 0 Å². The maximum absolute atomic E-state index is 12.2. The van der Waals surface area contributed by atoms with Crippen LogP contribution in [0.1, 0.15) is 22.3 Å². The highest BCUT2D eigenvalue weighted by molar-refractivity contribution is 5.94. The van der Waals surface area contributed by atoms with Gasteiger partial charge in [-0.05, 0) is 59.7 Å². The minimum atomic E-state index is -0.134. The molecule has 0 atom stereocenters. The topological polar surface area (TPSA) is 81.9 Å². The predicted molar refractivity (Wildman–Crippen MR) is 92.8 cm³/mol. The molecule has 0 spiro atoms. The maximum Gasteiger partial charge on any atom is 0.251 e. The van der Waals surface area contributed by atoms with E-state index in [0.717, 1.165) is 23.4 Å². The molecule has 3 aromatic rings.